The summed E-state index contributed by atoms with van der Waals surface area (Å²) in [5.74, 6) is 0.695. The number of amides is 2. The molecule has 3 aromatic carbocycles. The van der Waals surface area contributed by atoms with Crippen LogP contribution >= 0.6 is 0 Å². The van der Waals surface area contributed by atoms with Crippen LogP contribution in [-0.2, 0) is 16.0 Å². The summed E-state index contributed by atoms with van der Waals surface area (Å²) in [4.78, 5) is 24.5. The molecule has 2 N–H and O–H groups in total. The number of para-hydroxylation sites is 2. The van der Waals surface area contributed by atoms with Crippen LogP contribution in [0.5, 0.6) is 11.5 Å². The number of rotatable bonds is 10. The summed E-state index contributed by atoms with van der Waals surface area (Å²) in [5.41, 5.74) is 2.43. The minimum absolute atomic E-state index is 0.0566. The molecule has 0 aliphatic heterocycles. The van der Waals surface area contributed by atoms with E-state index in [-0.39, 0.29) is 18.4 Å². The normalized spacial score (nSPS) is 10.2. The fourth-order valence-corrected chi connectivity index (χ4v) is 3.07. The third-order valence-corrected chi connectivity index (χ3v) is 4.57. The molecule has 0 aromatic heterocycles. The van der Waals surface area contributed by atoms with Gasteiger partial charge in [-0.15, -0.1) is 0 Å². The van der Waals surface area contributed by atoms with Gasteiger partial charge in [-0.05, 0) is 48.7 Å². The van der Waals surface area contributed by atoms with Gasteiger partial charge in [-0.1, -0.05) is 48.5 Å². The van der Waals surface area contributed by atoms with Crippen LogP contribution < -0.4 is 20.1 Å². The van der Waals surface area contributed by atoms with Crippen molar-refractivity contribution >= 4 is 23.2 Å². The molecule has 0 saturated heterocycles. The Kier molecular flexibility index (Phi) is 8.05. The van der Waals surface area contributed by atoms with Crippen LogP contribution in [0.15, 0.2) is 78.9 Å². The molecule has 0 atom stereocenters. The first-order chi connectivity index (χ1) is 15.1. The quantitative estimate of drug-likeness (QED) is 0.501. The van der Waals surface area contributed by atoms with E-state index in [4.69, 9.17) is 9.47 Å². The average Bonchev–Trinajstić information content (AvgIpc) is 2.79. The molecule has 2 amide bonds. The lowest BCUT2D eigenvalue weighted by Crippen LogP contribution is -2.20. The van der Waals surface area contributed by atoms with Crippen molar-refractivity contribution in [2.75, 3.05) is 24.4 Å². The molecular formula is C25H26N2O4. The van der Waals surface area contributed by atoms with E-state index in [9.17, 15) is 9.59 Å². The van der Waals surface area contributed by atoms with Crippen LogP contribution in [-0.4, -0.2) is 25.5 Å². The summed E-state index contributed by atoms with van der Waals surface area (Å²) in [5, 5.41) is 5.65. The average molecular weight is 418 g/mol. The molecule has 0 unspecified atom stereocenters. The topological polar surface area (TPSA) is 76.7 Å². The minimum Gasteiger partial charge on any atom is -0.493 e. The first kappa shape index (κ1) is 21.9. The molecule has 6 nitrogen and oxygen atoms in total. The predicted molar refractivity (Wildman–Crippen MR) is 122 cm³/mol. The Morgan fingerprint density at radius 3 is 2.13 bits per heavy atom. The van der Waals surface area contributed by atoms with Crippen LogP contribution in [0.1, 0.15) is 18.4 Å². The molecule has 0 bridgehead atoms. The first-order valence-electron chi connectivity index (χ1n) is 10.1. The maximum absolute atomic E-state index is 12.2. The van der Waals surface area contributed by atoms with Gasteiger partial charge in [0.25, 0.3) is 5.91 Å². The molecular weight excluding hydrogens is 392 g/mol. The molecule has 6 heteroatoms. The van der Waals surface area contributed by atoms with E-state index in [1.54, 1.807) is 43.5 Å². The fraction of sp³-hybridized carbons (Fsp3) is 0.200. The van der Waals surface area contributed by atoms with Gasteiger partial charge in [0, 0.05) is 17.8 Å². The zero-order valence-electron chi connectivity index (χ0n) is 17.5. The van der Waals surface area contributed by atoms with Crippen molar-refractivity contribution < 1.29 is 19.1 Å². The van der Waals surface area contributed by atoms with Crippen LogP contribution in [0.3, 0.4) is 0 Å². The molecule has 0 aliphatic rings. The van der Waals surface area contributed by atoms with Crippen molar-refractivity contribution in [2.45, 2.75) is 19.3 Å². The highest BCUT2D eigenvalue weighted by molar-refractivity contribution is 5.94. The molecule has 0 saturated carbocycles. The Bertz CT molecular complexity index is 1010. The molecule has 3 rings (SSSR count). The van der Waals surface area contributed by atoms with Crippen LogP contribution in [0.4, 0.5) is 11.4 Å². The zero-order valence-corrected chi connectivity index (χ0v) is 17.5. The lowest BCUT2D eigenvalue weighted by atomic mass is 10.1. The highest BCUT2D eigenvalue weighted by atomic mass is 16.5. The van der Waals surface area contributed by atoms with E-state index in [0.29, 0.717) is 29.3 Å². The maximum Gasteiger partial charge on any atom is 0.262 e. The van der Waals surface area contributed by atoms with Crippen molar-refractivity contribution in [1.82, 2.24) is 0 Å². The Balaban J connectivity index is 1.45. The lowest BCUT2D eigenvalue weighted by molar-refractivity contribution is -0.118. The third-order valence-electron chi connectivity index (χ3n) is 4.57. The summed E-state index contributed by atoms with van der Waals surface area (Å²) in [6, 6.07) is 24.3. The van der Waals surface area contributed by atoms with Gasteiger partial charge in [-0.2, -0.15) is 0 Å². The van der Waals surface area contributed by atoms with Gasteiger partial charge >= 0.3 is 0 Å². The Morgan fingerprint density at radius 2 is 1.42 bits per heavy atom. The lowest BCUT2D eigenvalue weighted by Gasteiger charge is -2.11. The minimum atomic E-state index is -0.308. The molecule has 0 spiro atoms. The number of ether oxygens (including phenoxy) is 2. The van der Waals surface area contributed by atoms with Gasteiger partial charge in [-0.25, -0.2) is 0 Å². The van der Waals surface area contributed by atoms with E-state index in [0.717, 1.165) is 12.8 Å². The second kappa shape index (κ2) is 11.4. The van der Waals surface area contributed by atoms with E-state index in [1.807, 2.05) is 30.3 Å². The van der Waals surface area contributed by atoms with Crippen LogP contribution in [0.25, 0.3) is 0 Å². The summed E-state index contributed by atoms with van der Waals surface area (Å²) >= 11 is 0. The zero-order chi connectivity index (χ0) is 21.9. The highest BCUT2D eigenvalue weighted by Gasteiger charge is 2.08. The van der Waals surface area contributed by atoms with Crippen molar-refractivity contribution in [2.24, 2.45) is 0 Å². The Hall–Kier alpha value is -3.80. The van der Waals surface area contributed by atoms with Crippen molar-refractivity contribution in [1.29, 1.82) is 0 Å². The number of nitrogens with one attached hydrogen (secondary N) is 2. The van der Waals surface area contributed by atoms with Crippen molar-refractivity contribution in [3.8, 4) is 11.5 Å². The summed E-state index contributed by atoms with van der Waals surface area (Å²) in [6.07, 6.45) is 2.06. The van der Waals surface area contributed by atoms with Gasteiger partial charge < -0.3 is 20.1 Å². The highest BCUT2D eigenvalue weighted by Crippen LogP contribution is 2.25. The second-order valence-corrected chi connectivity index (χ2v) is 6.96. The third kappa shape index (κ3) is 7.19. The number of benzene rings is 3. The molecule has 3 aromatic rings. The van der Waals surface area contributed by atoms with Crippen LogP contribution in [0.2, 0.25) is 0 Å². The van der Waals surface area contributed by atoms with Crippen LogP contribution in [0, 0.1) is 0 Å². The first-order valence-corrected chi connectivity index (χ1v) is 10.1. The number of methoxy groups -OCH3 is 1. The number of hydrogen-bond donors (Lipinski definition) is 2. The van der Waals surface area contributed by atoms with E-state index < -0.39 is 0 Å². The Labute approximate surface area is 182 Å². The van der Waals surface area contributed by atoms with Crippen molar-refractivity contribution in [3.63, 3.8) is 0 Å². The van der Waals surface area contributed by atoms with E-state index in [2.05, 4.69) is 22.8 Å². The Morgan fingerprint density at radius 1 is 0.774 bits per heavy atom. The molecule has 0 heterocycles. The number of carbonyl (C=O) groups excluding carboxylic acids is 2. The molecule has 0 radical (unpaired) electrons. The predicted octanol–water partition coefficient (Wildman–Crippen LogP) is 4.67. The van der Waals surface area contributed by atoms with Gasteiger partial charge in [0.1, 0.15) is 0 Å². The summed E-state index contributed by atoms with van der Waals surface area (Å²) < 4.78 is 10.7. The van der Waals surface area contributed by atoms with Gasteiger partial charge in [0.2, 0.25) is 5.91 Å². The molecule has 31 heavy (non-hydrogen) atoms. The fourth-order valence-electron chi connectivity index (χ4n) is 3.07. The van der Waals surface area contributed by atoms with Gasteiger partial charge in [0.05, 0.1) is 7.11 Å². The molecule has 160 valence electrons. The summed E-state index contributed by atoms with van der Waals surface area (Å²) in [6.45, 7) is -0.156. The number of carbonyl (C=O) groups is 2. The number of hydrogen-bond acceptors (Lipinski definition) is 4. The van der Waals surface area contributed by atoms with E-state index in [1.165, 1.54) is 5.56 Å². The van der Waals surface area contributed by atoms with Gasteiger partial charge in [0.15, 0.2) is 18.1 Å². The molecule has 0 fully saturated rings. The number of anilines is 2. The summed E-state index contributed by atoms with van der Waals surface area (Å²) in [7, 11) is 1.55. The SMILES string of the molecule is COc1ccccc1OCC(=O)Nc1cccc(NC(=O)CCCc2ccccc2)c1. The largest absolute Gasteiger partial charge is 0.493 e. The maximum atomic E-state index is 12.2. The smallest absolute Gasteiger partial charge is 0.262 e. The van der Waals surface area contributed by atoms with Gasteiger partial charge in [-0.3, -0.25) is 9.59 Å². The van der Waals surface area contributed by atoms with Crippen molar-refractivity contribution in [3.05, 3.63) is 84.4 Å². The second-order valence-electron chi connectivity index (χ2n) is 6.96. The standard InChI is InChI=1S/C25H26N2O4/c1-30-22-14-5-6-15-23(22)31-18-25(29)27-21-13-8-12-20(17-21)26-24(28)16-7-11-19-9-3-2-4-10-19/h2-6,8-10,12-15,17H,7,11,16,18H2,1H3,(H,26,28)(H,27,29). The molecule has 0 aliphatic carbocycles. The van der Waals surface area contributed by atoms with E-state index >= 15 is 0 Å². The monoisotopic (exact) mass is 418 g/mol. The number of aryl methyl sites for hydroxylation is 1.